The van der Waals surface area contributed by atoms with Crippen molar-refractivity contribution < 1.29 is 13.2 Å². The topological polar surface area (TPSA) is 81.8 Å². The van der Waals surface area contributed by atoms with Crippen molar-refractivity contribution >= 4 is 26.7 Å². The third kappa shape index (κ3) is 1.77. The van der Waals surface area contributed by atoms with Gasteiger partial charge in [-0.25, -0.2) is 13.4 Å². The van der Waals surface area contributed by atoms with E-state index in [1.807, 2.05) is 0 Å². The number of hydrogen-bond donors (Lipinski definition) is 1. The van der Waals surface area contributed by atoms with Gasteiger partial charge in [0.15, 0.2) is 5.03 Å². The lowest BCUT2D eigenvalue weighted by Gasteiger charge is -2.06. The Balaban J connectivity index is 2.30. The molecular formula is C9H7ClN2O3S. The lowest BCUT2D eigenvalue weighted by atomic mass is 10.3. The minimum Gasteiger partial charge on any atom is -0.428 e. The van der Waals surface area contributed by atoms with Crippen LogP contribution in [0.4, 0.5) is 0 Å². The molecule has 1 aromatic rings. The van der Waals surface area contributed by atoms with Crippen molar-refractivity contribution in [1.82, 2.24) is 0 Å². The summed E-state index contributed by atoms with van der Waals surface area (Å²) in [5, 5.41) is -0.501. The van der Waals surface area contributed by atoms with Gasteiger partial charge in [0.25, 0.3) is 9.84 Å². The summed E-state index contributed by atoms with van der Waals surface area (Å²) in [6, 6.07) is 6.48. The molecule has 7 heteroatoms. The highest BCUT2D eigenvalue weighted by Gasteiger charge is 2.30. The lowest BCUT2D eigenvalue weighted by Crippen LogP contribution is -2.22. The summed E-state index contributed by atoms with van der Waals surface area (Å²) < 4.78 is 28.1. The zero-order chi connectivity index (χ0) is 11.8. The molecule has 1 aliphatic heterocycles. The summed E-state index contributed by atoms with van der Waals surface area (Å²) in [4.78, 5) is 3.57. The first kappa shape index (κ1) is 11.0. The second-order valence-corrected chi connectivity index (χ2v) is 5.20. The normalized spacial score (nSPS) is 17.8. The van der Waals surface area contributed by atoms with Crippen molar-refractivity contribution in [1.29, 1.82) is 0 Å². The van der Waals surface area contributed by atoms with Crippen LogP contribution in [-0.2, 0) is 9.84 Å². The van der Waals surface area contributed by atoms with Crippen LogP contribution < -0.4 is 10.5 Å². The second-order valence-electron chi connectivity index (χ2n) is 2.96. The van der Waals surface area contributed by atoms with E-state index in [0.29, 0.717) is 5.02 Å². The molecule has 2 N–H and O–H groups in total. The number of sulfone groups is 1. The Morgan fingerprint density at radius 2 is 2.00 bits per heavy atom. The SMILES string of the molecule is NC1=CN=C(Oc2ccccc2Cl)S1(=O)=O. The van der Waals surface area contributed by atoms with Crippen molar-refractivity contribution in [2.45, 2.75) is 0 Å². The smallest absolute Gasteiger partial charge is 0.322 e. The number of nitrogens with zero attached hydrogens (tertiary/aromatic N) is 1. The van der Waals surface area contributed by atoms with Crippen molar-refractivity contribution in [3.05, 3.63) is 40.5 Å². The standard InChI is InChI=1S/C9H7ClN2O3S/c10-6-3-1-2-4-7(6)15-9-12-5-8(11)16(9,13)14/h1-5H,11H2. The number of nitrogens with two attached hydrogens (primary N) is 1. The minimum absolute atomic E-state index is 0.217. The van der Waals surface area contributed by atoms with E-state index >= 15 is 0 Å². The highest BCUT2D eigenvalue weighted by molar-refractivity contribution is 8.09. The van der Waals surface area contributed by atoms with Gasteiger partial charge in [0.05, 0.1) is 11.2 Å². The van der Waals surface area contributed by atoms with Gasteiger partial charge >= 0.3 is 5.23 Å². The van der Waals surface area contributed by atoms with Crippen LogP contribution in [0, 0.1) is 0 Å². The lowest BCUT2D eigenvalue weighted by molar-refractivity contribution is 0.549. The molecule has 0 spiro atoms. The molecule has 0 saturated carbocycles. The van der Waals surface area contributed by atoms with Gasteiger partial charge in [0.2, 0.25) is 0 Å². The Kier molecular flexibility index (Phi) is 2.61. The zero-order valence-corrected chi connectivity index (χ0v) is 9.49. The maximum Gasteiger partial charge on any atom is 0.322 e. The fourth-order valence-electron chi connectivity index (χ4n) is 1.06. The number of para-hydroxylation sites is 1. The Bertz CT molecular complexity index is 593. The molecule has 0 saturated heterocycles. The van der Waals surface area contributed by atoms with Crippen LogP contribution in [0.25, 0.3) is 0 Å². The monoisotopic (exact) mass is 258 g/mol. The second kappa shape index (κ2) is 3.80. The molecule has 84 valence electrons. The molecule has 0 aliphatic carbocycles. The first-order valence-electron chi connectivity index (χ1n) is 4.23. The number of hydrogen-bond acceptors (Lipinski definition) is 5. The van der Waals surface area contributed by atoms with E-state index in [0.717, 1.165) is 6.20 Å². The largest absolute Gasteiger partial charge is 0.428 e. The van der Waals surface area contributed by atoms with Crippen LogP contribution in [0.5, 0.6) is 5.75 Å². The molecule has 2 rings (SSSR count). The first-order chi connectivity index (χ1) is 7.51. The van der Waals surface area contributed by atoms with Crippen molar-refractivity contribution in [3.63, 3.8) is 0 Å². The summed E-state index contributed by atoms with van der Waals surface area (Å²) >= 11 is 5.81. The van der Waals surface area contributed by atoms with Gasteiger partial charge in [-0.3, -0.25) is 0 Å². The Labute approximate surface area is 97.1 Å². The highest BCUT2D eigenvalue weighted by atomic mass is 35.5. The van der Waals surface area contributed by atoms with E-state index in [-0.39, 0.29) is 10.8 Å². The Morgan fingerprint density at radius 3 is 2.56 bits per heavy atom. The quantitative estimate of drug-likeness (QED) is 0.822. The molecule has 1 heterocycles. The highest BCUT2D eigenvalue weighted by Crippen LogP contribution is 2.25. The summed E-state index contributed by atoms with van der Waals surface area (Å²) in [5.41, 5.74) is 5.24. The zero-order valence-electron chi connectivity index (χ0n) is 7.92. The van der Waals surface area contributed by atoms with E-state index in [2.05, 4.69) is 4.99 Å². The van der Waals surface area contributed by atoms with Gasteiger partial charge in [-0.1, -0.05) is 23.7 Å². The Hall–Kier alpha value is -1.53. The number of aliphatic imine (C=N–C) groups is 1. The molecule has 0 atom stereocenters. The van der Waals surface area contributed by atoms with E-state index in [1.165, 1.54) is 6.07 Å². The average Bonchev–Trinajstić information content (AvgIpc) is 2.48. The van der Waals surface area contributed by atoms with Crippen LogP contribution in [0.1, 0.15) is 0 Å². The number of halogens is 1. The summed E-state index contributed by atoms with van der Waals surface area (Å²) in [5.74, 6) is 0.217. The predicted octanol–water partition coefficient (Wildman–Crippen LogP) is 1.26. The van der Waals surface area contributed by atoms with Crippen molar-refractivity contribution in [2.75, 3.05) is 0 Å². The first-order valence-corrected chi connectivity index (χ1v) is 6.09. The minimum atomic E-state index is -3.77. The maximum absolute atomic E-state index is 11.5. The summed E-state index contributed by atoms with van der Waals surface area (Å²) in [7, 11) is -3.77. The molecule has 0 fully saturated rings. The molecule has 0 unspecified atom stereocenters. The van der Waals surface area contributed by atoms with Crippen LogP contribution in [0.15, 0.2) is 40.5 Å². The molecule has 0 amide bonds. The van der Waals surface area contributed by atoms with E-state index in [1.54, 1.807) is 18.2 Å². The number of benzene rings is 1. The molecule has 0 aromatic heterocycles. The maximum atomic E-state index is 11.5. The van der Waals surface area contributed by atoms with Crippen LogP contribution in [0.3, 0.4) is 0 Å². The fraction of sp³-hybridized carbons (Fsp3) is 0. The summed E-state index contributed by atoms with van der Waals surface area (Å²) in [6.07, 6.45) is 1.03. The third-order valence-corrected chi connectivity index (χ3v) is 3.56. The van der Waals surface area contributed by atoms with Crippen LogP contribution in [-0.4, -0.2) is 13.6 Å². The summed E-state index contributed by atoms with van der Waals surface area (Å²) in [6.45, 7) is 0. The molecule has 0 radical (unpaired) electrons. The molecule has 16 heavy (non-hydrogen) atoms. The van der Waals surface area contributed by atoms with E-state index in [4.69, 9.17) is 22.1 Å². The van der Waals surface area contributed by atoms with Gasteiger partial charge in [-0.05, 0) is 12.1 Å². The molecule has 1 aromatic carbocycles. The molecular weight excluding hydrogens is 252 g/mol. The average molecular weight is 259 g/mol. The van der Waals surface area contributed by atoms with Gasteiger partial charge in [-0.2, -0.15) is 0 Å². The molecule has 5 nitrogen and oxygen atoms in total. The Morgan fingerprint density at radius 1 is 1.31 bits per heavy atom. The van der Waals surface area contributed by atoms with Gasteiger partial charge in [0, 0.05) is 0 Å². The predicted molar refractivity (Wildman–Crippen MR) is 60.7 cm³/mol. The van der Waals surface area contributed by atoms with Gasteiger partial charge in [0.1, 0.15) is 5.75 Å². The number of ether oxygens (including phenoxy) is 1. The van der Waals surface area contributed by atoms with Crippen molar-refractivity contribution in [3.8, 4) is 5.75 Å². The van der Waals surface area contributed by atoms with E-state index < -0.39 is 15.1 Å². The molecule has 1 aliphatic rings. The van der Waals surface area contributed by atoms with Crippen molar-refractivity contribution in [2.24, 2.45) is 10.7 Å². The van der Waals surface area contributed by atoms with Crippen LogP contribution in [0.2, 0.25) is 5.02 Å². The molecule has 0 bridgehead atoms. The fourth-order valence-corrected chi connectivity index (χ4v) is 2.02. The van der Waals surface area contributed by atoms with Crippen LogP contribution >= 0.6 is 11.6 Å². The van der Waals surface area contributed by atoms with Gasteiger partial charge < -0.3 is 10.5 Å². The third-order valence-electron chi connectivity index (χ3n) is 1.87. The van der Waals surface area contributed by atoms with E-state index in [9.17, 15) is 8.42 Å². The van der Waals surface area contributed by atoms with Gasteiger partial charge in [-0.15, -0.1) is 0 Å². The number of rotatable bonds is 1.